The van der Waals surface area contributed by atoms with E-state index in [4.69, 9.17) is 4.74 Å². The van der Waals surface area contributed by atoms with E-state index in [0.717, 1.165) is 6.07 Å². The fourth-order valence-electron chi connectivity index (χ4n) is 2.68. The summed E-state index contributed by atoms with van der Waals surface area (Å²) in [6.07, 6.45) is 0. The van der Waals surface area contributed by atoms with Crippen LogP contribution in [-0.2, 0) is 14.3 Å². The van der Waals surface area contributed by atoms with Crippen molar-refractivity contribution < 1.29 is 32.6 Å². The summed E-state index contributed by atoms with van der Waals surface area (Å²) in [4.78, 5) is 35.9. The van der Waals surface area contributed by atoms with Crippen LogP contribution < -0.4 is 15.4 Å². The predicted molar refractivity (Wildman–Crippen MR) is 122 cm³/mol. The van der Waals surface area contributed by atoms with Gasteiger partial charge in [-0.15, -0.1) is 0 Å². The topological polar surface area (TPSA) is 118 Å². The van der Waals surface area contributed by atoms with Crippen LogP contribution in [0.3, 0.4) is 0 Å². The molecular weight excluding hydrogens is 462 g/mol. The largest absolute Gasteiger partial charge is 0.454 e. The van der Waals surface area contributed by atoms with Crippen molar-refractivity contribution >= 4 is 34.8 Å². The molecule has 180 valence electrons. The third-order valence-electron chi connectivity index (χ3n) is 4.27. The minimum absolute atomic E-state index is 0.0143. The lowest BCUT2D eigenvalue weighted by Gasteiger charge is -2.09. The molecule has 35 heavy (non-hydrogen) atoms. The highest BCUT2D eigenvalue weighted by atomic mass is 19.3. The zero-order valence-corrected chi connectivity index (χ0v) is 18.2. The molecule has 0 aliphatic heterocycles. The molecule has 0 aromatic heterocycles. The monoisotopic (exact) mass is 482 g/mol. The molecule has 0 heterocycles. The Bertz CT molecular complexity index is 1190. The van der Waals surface area contributed by atoms with Gasteiger partial charge in [0, 0.05) is 11.3 Å². The lowest BCUT2D eigenvalue weighted by molar-refractivity contribution is -0.146. The number of carbonyl (C=O) groups excluding carboxylic acids is 3. The Morgan fingerprint density at radius 2 is 1.54 bits per heavy atom. The third kappa shape index (κ3) is 8.65. The van der Waals surface area contributed by atoms with Crippen molar-refractivity contribution in [2.75, 3.05) is 18.5 Å². The van der Waals surface area contributed by atoms with Gasteiger partial charge in [-0.2, -0.15) is 19.0 Å². The highest BCUT2D eigenvalue weighted by Gasteiger charge is 2.13. The molecule has 2 N–H and O–H groups in total. The zero-order chi connectivity index (χ0) is 25.0. The number of ether oxygens (including phenoxy) is 2. The number of nitrogens with zero attached hydrogens (tertiary/aromatic N) is 2. The maximum Gasteiger partial charge on any atom is 0.387 e. The van der Waals surface area contributed by atoms with Crippen LogP contribution in [0.4, 0.5) is 25.8 Å². The van der Waals surface area contributed by atoms with E-state index in [1.807, 2.05) is 30.3 Å². The second-order valence-electron chi connectivity index (χ2n) is 6.88. The van der Waals surface area contributed by atoms with Crippen molar-refractivity contribution in [3.05, 3.63) is 84.4 Å². The minimum atomic E-state index is -3.03. The van der Waals surface area contributed by atoms with Crippen LogP contribution in [0.25, 0.3) is 0 Å². The van der Waals surface area contributed by atoms with Gasteiger partial charge >= 0.3 is 12.6 Å². The number of azo groups is 1. The number of esters is 1. The average Bonchev–Trinajstić information content (AvgIpc) is 2.86. The van der Waals surface area contributed by atoms with Gasteiger partial charge in [0.25, 0.3) is 11.8 Å². The Morgan fingerprint density at radius 1 is 0.857 bits per heavy atom. The highest BCUT2D eigenvalue weighted by molar-refractivity contribution is 5.97. The first-order chi connectivity index (χ1) is 16.9. The molecule has 11 heteroatoms. The Balaban J connectivity index is 1.39. The van der Waals surface area contributed by atoms with Gasteiger partial charge in [-0.05, 0) is 54.6 Å². The van der Waals surface area contributed by atoms with Gasteiger partial charge < -0.3 is 20.1 Å². The number of halogens is 2. The number of anilines is 1. The number of nitrogens with one attached hydrogen (secondary N) is 2. The van der Waals surface area contributed by atoms with E-state index in [1.54, 1.807) is 24.3 Å². The third-order valence-corrected chi connectivity index (χ3v) is 4.27. The van der Waals surface area contributed by atoms with Gasteiger partial charge in [-0.3, -0.25) is 14.4 Å². The van der Waals surface area contributed by atoms with Crippen LogP contribution in [-0.4, -0.2) is 37.5 Å². The Kier molecular flexibility index (Phi) is 8.94. The maximum absolute atomic E-state index is 12.3. The molecule has 3 aromatic rings. The number of rotatable bonds is 10. The molecular formula is C24H20F2N4O5. The molecule has 3 rings (SSSR count). The second kappa shape index (κ2) is 12.5. The summed E-state index contributed by atoms with van der Waals surface area (Å²) in [6, 6.07) is 20.8. The number of alkyl halides is 2. The molecule has 0 unspecified atom stereocenters. The summed E-state index contributed by atoms with van der Waals surface area (Å²) in [7, 11) is 0. The molecule has 0 aliphatic carbocycles. The van der Waals surface area contributed by atoms with Crippen LogP contribution in [0.2, 0.25) is 0 Å². The smallest absolute Gasteiger partial charge is 0.387 e. The van der Waals surface area contributed by atoms with Gasteiger partial charge in [-0.1, -0.05) is 24.3 Å². The van der Waals surface area contributed by atoms with Gasteiger partial charge in [0.15, 0.2) is 6.61 Å². The molecule has 0 bridgehead atoms. The molecule has 0 saturated heterocycles. The van der Waals surface area contributed by atoms with E-state index >= 15 is 0 Å². The average molecular weight is 482 g/mol. The van der Waals surface area contributed by atoms with E-state index < -0.39 is 37.5 Å². The van der Waals surface area contributed by atoms with Gasteiger partial charge in [0.05, 0.1) is 11.4 Å². The van der Waals surface area contributed by atoms with Crippen molar-refractivity contribution in [2.24, 2.45) is 10.2 Å². The molecule has 0 atom stereocenters. The standard InChI is InChI=1S/C24H20F2N4O5/c25-24(26)35-20-8-4-5-16(13-20)23(33)27-14-22(32)34-15-21(31)28-17-9-11-19(12-10-17)30-29-18-6-2-1-3-7-18/h1-13,24H,14-15H2,(H,27,33)(H,28,31). The fraction of sp³-hybridized carbons (Fsp3) is 0.125. The first-order valence-corrected chi connectivity index (χ1v) is 10.2. The molecule has 0 spiro atoms. The fourth-order valence-corrected chi connectivity index (χ4v) is 2.68. The van der Waals surface area contributed by atoms with Crippen LogP contribution >= 0.6 is 0 Å². The predicted octanol–water partition coefficient (Wildman–Crippen LogP) is 4.62. The summed E-state index contributed by atoms with van der Waals surface area (Å²) in [5.74, 6) is -2.33. The SMILES string of the molecule is O=C(COC(=O)CNC(=O)c1cccc(OC(F)F)c1)Nc1ccc(N=Nc2ccccc2)cc1. The normalized spacial score (nSPS) is 10.7. The number of carbonyl (C=O) groups is 3. The summed E-state index contributed by atoms with van der Waals surface area (Å²) in [5.41, 5.74) is 1.77. The minimum Gasteiger partial charge on any atom is -0.454 e. The molecule has 0 aliphatic rings. The number of hydrogen-bond donors (Lipinski definition) is 2. The maximum atomic E-state index is 12.3. The Morgan fingerprint density at radius 3 is 2.23 bits per heavy atom. The van der Waals surface area contributed by atoms with E-state index in [-0.39, 0.29) is 11.3 Å². The first kappa shape index (κ1) is 25.0. The molecule has 2 amide bonds. The van der Waals surface area contributed by atoms with E-state index in [2.05, 4.69) is 25.6 Å². The molecule has 9 nitrogen and oxygen atoms in total. The quantitative estimate of drug-likeness (QED) is 0.323. The Hall–Kier alpha value is -4.67. The molecule has 3 aromatic carbocycles. The lowest BCUT2D eigenvalue weighted by Crippen LogP contribution is -2.32. The van der Waals surface area contributed by atoms with Crippen molar-refractivity contribution in [2.45, 2.75) is 6.61 Å². The van der Waals surface area contributed by atoms with Crippen LogP contribution in [0.5, 0.6) is 5.75 Å². The van der Waals surface area contributed by atoms with Crippen molar-refractivity contribution in [3.63, 3.8) is 0 Å². The van der Waals surface area contributed by atoms with Crippen molar-refractivity contribution in [1.82, 2.24) is 5.32 Å². The lowest BCUT2D eigenvalue weighted by atomic mass is 10.2. The summed E-state index contributed by atoms with van der Waals surface area (Å²) in [5, 5.41) is 13.0. The highest BCUT2D eigenvalue weighted by Crippen LogP contribution is 2.20. The Labute approximate surface area is 198 Å². The second-order valence-corrected chi connectivity index (χ2v) is 6.88. The number of hydrogen-bond acceptors (Lipinski definition) is 7. The van der Waals surface area contributed by atoms with Gasteiger partial charge in [0.2, 0.25) is 0 Å². The van der Waals surface area contributed by atoms with Gasteiger partial charge in [-0.25, -0.2) is 0 Å². The van der Waals surface area contributed by atoms with Crippen molar-refractivity contribution in [3.8, 4) is 5.75 Å². The molecule has 0 saturated carbocycles. The number of amides is 2. The van der Waals surface area contributed by atoms with E-state index in [0.29, 0.717) is 17.1 Å². The van der Waals surface area contributed by atoms with Crippen LogP contribution in [0, 0.1) is 0 Å². The van der Waals surface area contributed by atoms with Crippen LogP contribution in [0.15, 0.2) is 89.1 Å². The number of benzene rings is 3. The first-order valence-electron chi connectivity index (χ1n) is 10.2. The summed E-state index contributed by atoms with van der Waals surface area (Å²) in [6.45, 7) is -4.12. The van der Waals surface area contributed by atoms with E-state index in [1.165, 1.54) is 18.2 Å². The zero-order valence-electron chi connectivity index (χ0n) is 18.2. The molecule has 0 fully saturated rings. The van der Waals surface area contributed by atoms with Crippen molar-refractivity contribution in [1.29, 1.82) is 0 Å². The van der Waals surface area contributed by atoms with Crippen LogP contribution in [0.1, 0.15) is 10.4 Å². The van der Waals surface area contributed by atoms with Gasteiger partial charge in [0.1, 0.15) is 12.3 Å². The molecule has 0 radical (unpaired) electrons. The van der Waals surface area contributed by atoms with E-state index in [9.17, 15) is 23.2 Å². The summed E-state index contributed by atoms with van der Waals surface area (Å²) >= 11 is 0. The summed E-state index contributed by atoms with van der Waals surface area (Å²) < 4.78 is 33.6.